The summed E-state index contributed by atoms with van der Waals surface area (Å²) in [6.45, 7) is 1.21. The molecule has 0 saturated carbocycles. The van der Waals surface area contributed by atoms with Crippen molar-refractivity contribution in [2.24, 2.45) is 5.73 Å². The summed E-state index contributed by atoms with van der Waals surface area (Å²) in [6.07, 6.45) is 2.35. The Kier molecular flexibility index (Phi) is 4.94. The minimum Gasteiger partial charge on any atom is -0.381 e. The van der Waals surface area contributed by atoms with Crippen molar-refractivity contribution in [3.05, 3.63) is 48.0 Å². The van der Waals surface area contributed by atoms with Crippen molar-refractivity contribution in [3.63, 3.8) is 0 Å². The highest BCUT2D eigenvalue weighted by Crippen LogP contribution is 2.23. The fourth-order valence-electron chi connectivity index (χ4n) is 3.49. The van der Waals surface area contributed by atoms with Gasteiger partial charge in [-0.2, -0.15) is 0 Å². The van der Waals surface area contributed by atoms with Crippen molar-refractivity contribution in [1.82, 2.24) is 4.90 Å². The lowest BCUT2D eigenvalue weighted by Crippen LogP contribution is -2.51. The Morgan fingerprint density at radius 3 is 2.83 bits per heavy atom. The number of likely N-dealkylation sites (tertiary alicyclic amines) is 1. The molecule has 0 radical (unpaired) electrons. The van der Waals surface area contributed by atoms with Gasteiger partial charge in [-0.05, 0) is 29.2 Å². The lowest BCUT2D eigenvalue weighted by atomic mass is 9.97. The highest BCUT2D eigenvalue weighted by molar-refractivity contribution is 5.90. The Morgan fingerprint density at radius 1 is 1.26 bits per heavy atom. The molecular weight excluding hydrogens is 288 g/mol. The number of nitrogens with zero attached hydrogens (tertiary/aromatic N) is 1. The lowest BCUT2D eigenvalue weighted by molar-refractivity contribution is -0.136. The number of piperidine rings is 1. The first kappa shape index (κ1) is 16.0. The highest BCUT2D eigenvalue weighted by Gasteiger charge is 2.30. The summed E-state index contributed by atoms with van der Waals surface area (Å²) in [5.41, 5.74) is 6.96. The molecule has 1 fully saturated rings. The molecule has 1 amide bonds. The molecule has 0 aliphatic carbocycles. The Hall–Kier alpha value is -1.91. The third-order valence-electron chi connectivity index (χ3n) is 4.82. The molecule has 4 nitrogen and oxygen atoms in total. The van der Waals surface area contributed by atoms with Gasteiger partial charge in [0.1, 0.15) is 0 Å². The molecule has 2 unspecified atom stereocenters. The van der Waals surface area contributed by atoms with Gasteiger partial charge in [-0.25, -0.2) is 0 Å². The smallest absolute Gasteiger partial charge is 0.227 e. The Morgan fingerprint density at radius 2 is 2.04 bits per heavy atom. The topological polar surface area (TPSA) is 55.6 Å². The number of ether oxygens (including phenoxy) is 1. The van der Waals surface area contributed by atoms with Crippen molar-refractivity contribution in [2.45, 2.75) is 31.4 Å². The molecule has 0 bridgehead atoms. The highest BCUT2D eigenvalue weighted by atomic mass is 16.5. The molecule has 2 aromatic rings. The van der Waals surface area contributed by atoms with Crippen LogP contribution in [0.25, 0.3) is 10.8 Å². The van der Waals surface area contributed by atoms with Gasteiger partial charge in [-0.3, -0.25) is 4.79 Å². The van der Waals surface area contributed by atoms with Gasteiger partial charge in [0.2, 0.25) is 5.91 Å². The number of hydrogen-bond donors (Lipinski definition) is 1. The summed E-state index contributed by atoms with van der Waals surface area (Å²) in [5.74, 6) is 0.159. The van der Waals surface area contributed by atoms with Gasteiger partial charge in [0.25, 0.3) is 0 Å². The predicted octanol–water partition coefficient (Wildman–Crippen LogP) is 2.35. The average Bonchev–Trinajstić information content (AvgIpc) is 2.61. The van der Waals surface area contributed by atoms with Crippen LogP contribution in [0.2, 0.25) is 0 Å². The fraction of sp³-hybridized carbons (Fsp3) is 0.421. The van der Waals surface area contributed by atoms with E-state index in [9.17, 15) is 4.79 Å². The average molecular weight is 312 g/mol. The summed E-state index contributed by atoms with van der Waals surface area (Å²) in [6, 6.07) is 14.4. The molecule has 2 N–H and O–H groups in total. The maximum absolute atomic E-state index is 12.8. The van der Waals surface area contributed by atoms with E-state index >= 15 is 0 Å². The maximum Gasteiger partial charge on any atom is 0.227 e. The van der Waals surface area contributed by atoms with Gasteiger partial charge < -0.3 is 15.4 Å². The van der Waals surface area contributed by atoms with E-state index in [-0.39, 0.29) is 18.1 Å². The number of hydrogen-bond acceptors (Lipinski definition) is 3. The number of amides is 1. The van der Waals surface area contributed by atoms with Gasteiger partial charge in [-0.1, -0.05) is 42.5 Å². The normalized spacial score (nSPS) is 21.6. The van der Waals surface area contributed by atoms with Crippen molar-refractivity contribution < 1.29 is 9.53 Å². The predicted molar refractivity (Wildman–Crippen MR) is 92.2 cm³/mol. The monoisotopic (exact) mass is 312 g/mol. The molecule has 2 atom stereocenters. The van der Waals surface area contributed by atoms with Crippen LogP contribution in [-0.2, 0) is 16.0 Å². The number of carbonyl (C=O) groups excluding carboxylic acids is 1. The number of carbonyl (C=O) groups is 1. The third-order valence-corrected chi connectivity index (χ3v) is 4.82. The van der Waals surface area contributed by atoms with Gasteiger partial charge in [-0.15, -0.1) is 0 Å². The molecule has 4 heteroatoms. The number of nitrogens with two attached hydrogens (primary N) is 1. The molecule has 1 aliphatic heterocycles. The van der Waals surface area contributed by atoms with Crippen LogP contribution >= 0.6 is 0 Å². The SMILES string of the molecule is COC1CCN(C(=O)Cc2cccc3ccccc23)C(CN)C1. The minimum absolute atomic E-state index is 0.0798. The first-order chi connectivity index (χ1) is 11.2. The van der Waals surface area contributed by atoms with Gasteiger partial charge in [0, 0.05) is 26.2 Å². The summed E-state index contributed by atoms with van der Waals surface area (Å²) >= 11 is 0. The van der Waals surface area contributed by atoms with E-state index in [0.29, 0.717) is 13.0 Å². The summed E-state index contributed by atoms with van der Waals surface area (Å²) in [7, 11) is 1.73. The molecule has 0 spiro atoms. The van der Waals surface area contributed by atoms with Gasteiger partial charge in [0.15, 0.2) is 0 Å². The number of benzene rings is 2. The number of rotatable bonds is 4. The van der Waals surface area contributed by atoms with Crippen LogP contribution in [0.4, 0.5) is 0 Å². The minimum atomic E-state index is 0.0798. The molecule has 1 heterocycles. The van der Waals surface area contributed by atoms with E-state index in [2.05, 4.69) is 18.2 Å². The second-order valence-electron chi connectivity index (χ2n) is 6.17. The van der Waals surface area contributed by atoms with Crippen molar-refractivity contribution in [2.75, 3.05) is 20.2 Å². The Bertz CT molecular complexity index is 681. The van der Waals surface area contributed by atoms with E-state index in [1.54, 1.807) is 7.11 Å². The van der Waals surface area contributed by atoms with Crippen molar-refractivity contribution in [1.29, 1.82) is 0 Å². The molecule has 3 rings (SSSR count). The molecular formula is C19H24N2O2. The molecule has 23 heavy (non-hydrogen) atoms. The largest absolute Gasteiger partial charge is 0.381 e. The lowest BCUT2D eigenvalue weighted by Gasteiger charge is -2.38. The second kappa shape index (κ2) is 7.11. The van der Waals surface area contributed by atoms with Crippen LogP contribution in [0.3, 0.4) is 0 Å². The molecule has 0 aromatic heterocycles. The van der Waals surface area contributed by atoms with Crippen LogP contribution in [0, 0.1) is 0 Å². The first-order valence-electron chi connectivity index (χ1n) is 8.22. The summed E-state index contributed by atoms with van der Waals surface area (Å²) in [4.78, 5) is 14.7. The fourth-order valence-corrected chi connectivity index (χ4v) is 3.49. The van der Waals surface area contributed by atoms with Crippen LogP contribution in [0.15, 0.2) is 42.5 Å². The first-order valence-corrected chi connectivity index (χ1v) is 8.22. The van der Waals surface area contributed by atoms with Crippen LogP contribution in [-0.4, -0.2) is 43.2 Å². The molecule has 1 aliphatic rings. The summed E-state index contributed by atoms with van der Waals surface area (Å²) < 4.78 is 5.43. The number of fused-ring (bicyclic) bond motifs is 1. The quantitative estimate of drug-likeness (QED) is 0.943. The van der Waals surface area contributed by atoms with Crippen LogP contribution < -0.4 is 5.73 Å². The van der Waals surface area contributed by atoms with Crippen molar-refractivity contribution in [3.8, 4) is 0 Å². The second-order valence-corrected chi connectivity index (χ2v) is 6.17. The third kappa shape index (κ3) is 3.38. The van der Waals surface area contributed by atoms with E-state index in [1.165, 1.54) is 5.39 Å². The zero-order valence-electron chi connectivity index (χ0n) is 13.6. The summed E-state index contributed by atoms with van der Waals surface area (Å²) in [5, 5.41) is 2.32. The van der Waals surface area contributed by atoms with Crippen LogP contribution in [0.5, 0.6) is 0 Å². The van der Waals surface area contributed by atoms with Crippen molar-refractivity contribution >= 4 is 16.7 Å². The number of methoxy groups -OCH3 is 1. The molecule has 1 saturated heterocycles. The van der Waals surface area contributed by atoms with E-state index < -0.39 is 0 Å². The standard InChI is InChI=1S/C19H24N2O2/c1-23-17-9-10-21(16(12-17)13-20)19(22)11-15-7-4-6-14-5-2-3-8-18(14)15/h2-8,16-17H,9-13,20H2,1H3. The van der Waals surface area contributed by atoms with E-state index in [4.69, 9.17) is 10.5 Å². The van der Waals surface area contributed by atoms with Gasteiger partial charge >= 0.3 is 0 Å². The van der Waals surface area contributed by atoms with E-state index in [0.717, 1.165) is 30.3 Å². The Balaban J connectivity index is 1.78. The zero-order chi connectivity index (χ0) is 16.2. The molecule has 122 valence electrons. The van der Waals surface area contributed by atoms with E-state index in [1.807, 2.05) is 29.2 Å². The Labute approximate surface area is 137 Å². The zero-order valence-corrected chi connectivity index (χ0v) is 13.6. The molecule has 2 aromatic carbocycles. The van der Waals surface area contributed by atoms with Crippen LogP contribution in [0.1, 0.15) is 18.4 Å². The maximum atomic E-state index is 12.8. The van der Waals surface area contributed by atoms with Gasteiger partial charge in [0.05, 0.1) is 12.5 Å².